The van der Waals surface area contributed by atoms with Gasteiger partial charge in [-0.05, 0) is 43.0 Å². The first-order chi connectivity index (χ1) is 17.0. The zero-order chi connectivity index (χ0) is 24.4. The average Bonchev–Trinajstić information content (AvgIpc) is 3.42. The lowest BCUT2D eigenvalue weighted by Crippen LogP contribution is -2.62. The molecule has 2 amide bonds. The van der Waals surface area contributed by atoms with Crippen LogP contribution in [-0.4, -0.2) is 76.8 Å². The van der Waals surface area contributed by atoms with Gasteiger partial charge < -0.3 is 15.1 Å². The monoisotopic (exact) mass is 478 g/mol. The summed E-state index contributed by atoms with van der Waals surface area (Å²) < 4.78 is 0. The van der Waals surface area contributed by atoms with Gasteiger partial charge in [-0.3, -0.25) is 29.6 Å². The van der Waals surface area contributed by atoms with Crippen molar-refractivity contribution in [2.24, 2.45) is 5.92 Å². The molecule has 1 N–H and O–H groups in total. The van der Waals surface area contributed by atoms with Crippen molar-refractivity contribution in [3.8, 4) is 0 Å². The summed E-state index contributed by atoms with van der Waals surface area (Å²) in [5.41, 5.74) is 2.56. The van der Waals surface area contributed by atoms with E-state index in [0.29, 0.717) is 39.1 Å². The zero-order valence-electron chi connectivity index (χ0n) is 19.6. The van der Waals surface area contributed by atoms with Crippen LogP contribution in [0.25, 0.3) is 0 Å². The number of rotatable bonds is 6. The van der Waals surface area contributed by atoms with Crippen LogP contribution in [0.3, 0.4) is 0 Å². The first-order valence-electron chi connectivity index (χ1n) is 12.2. The summed E-state index contributed by atoms with van der Waals surface area (Å²) in [6.45, 7) is 4.29. The molecule has 0 spiro atoms. The second-order valence-corrected chi connectivity index (χ2v) is 9.50. The number of hydrogen-bond donors (Lipinski definition) is 1. The van der Waals surface area contributed by atoms with Crippen molar-refractivity contribution < 1.29 is 14.5 Å². The predicted octanol–water partition coefficient (Wildman–Crippen LogP) is 1.59. The number of carbonyl (C=O) groups excluding carboxylic acids is 2. The third-order valence-electron chi connectivity index (χ3n) is 7.31. The van der Waals surface area contributed by atoms with Gasteiger partial charge in [0.25, 0.3) is 5.69 Å². The second kappa shape index (κ2) is 9.99. The fourth-order valence-electron chi connectivity index (χ4n) is 5.50. The van der Waals surface area contributed by atoms with Crippen molar-refractivity contribution in [1.29, 1.82) is 0 Å². The highest BCUT2D eigenvalue weighted by Gasteiger charge is 2.42. The molecular formula is C25H30N6O4. The van der Waals surface area contributed by atoms with Crippen molar-refractivity contribution >= 4 is 23.2 Å². The van der Waals surface area contributed by atoms with E-state index >= 15 is 0 Å². The van der Waals surface area contributed by atoms with Crippen LogP contribution in [0.5, 0.6) is 0 Å². The van der Waals surface area contributed by atoms with Gasteiger partial charge in [0.1, 0.15) is 0 Å². The Morgan fingerprint density at radius 1 is 1.11 bits per heavy atom. The smallest absolute Gasteiger partial charge is 0.269 e. The largest absolute Gasteiger partial charge is 0.365 e. The molecule has 0 saturated carbocycles. The Morgan fingerprint density at radius 3 is 2.69 bits per heavy atom. The van der Waals surface area contributed by atoms with Crippen LogP contribution < -0.4 is 10.2 Å². The normalized spacial score (nSPS) is 21.8. The van der Waals surface area contributed by atoms with Crippen LogP contribution in [0, 0.1) is 16.0 Å². The minimum absolute atomic E-state index is 0.0321. The topological polar surface area (TPSA) is 112 Å². The Bertz CT molecular complexity index is 1100. The molecule has 0 bridgehead atoms. The molecule has 10 nitrogen and oxygen atoms in total. The van der Waals surface area contributed by atoms with E-state index in [-0.39, 0.29) is 23.5 Å². The first-order valence-corrected chi connectivity index (χ1v) is 12.2. The van der Waals surface area contributed by atoms with Crippen LogP contribution in [-0.2, 0) is 22.6 Å². The minimum Gasteiger partial charge on any atom is -0.365 e. The van der Waals surface area contributed by atoms with E-state index < -0.39 is 10.8 Å². The molecule has 4 heterocycles. The predicted molar refractivity (Wildman–Crippen MR) is 130 cm³/mol. The maximum Gasteiger partial charge on any atom is 0.269 e. The van der Waals surface area contributed by atoms with Gasteiger partial charge in [0.15, 0.2) is 0 Å². The lowest BCUT2D eigenvalue weighted by Gasteiger charge is -2.49. The zero-order valence-corrected chi connectivity index (χ0v) is 19.6. The highest BCUT2D eigenvalue weighted by Crippen LogP contribution is 2.38. The molecule has 2 aromatic rings. The highest BCUT2D eigenvalue weighted by molar-refractivity contribution is 5.82. The Morgan fingerprint density at radius 2 is 1.94 bits per heavy atom. The number of likely N-dealkylation sites (tertiary alicyclic amines) is 1. The lowest BCUT2D eigenvalue weighted by atomic mass is 9.83. The van der Waals surface area contributed by atoms with Gasteiger partial charge in [-0.25, -0.2) is 0 Å². The summed E-state index contributed by atoms with van der Waals surface area (Å²) >= 11 is 0. The number of carbonyl (C=O) groups is 2. The quantitative estimate of drug-likeness (QED) is 0.496. The summed E-state index contributed by atoms with van der Waals surface area (Å²) in [7, 11) is 0. The number of amides is 2. The number of piperazine rings is 1. The number of fused-ring (bicyclic) bond motifs is 3. The van der Waals surface area contributed by atoms with Crippen LogP contribution >= 0.6 is 0 Å². The van der Waals surface area contributed by atoms with Crippen molar-refractivity contribution in [2.75, 3.05) is 44.2 Å². The molecule has 2 unspecified atom stereocenters. The SMILES string of the molecule is O=C(NCc1ccccn1)C1Cc2cc([N+](=O)[O-])ccc2N2CCN(CC(=O)N3CCCC3)CC12. The number of nitrogens with one attached hydrogen (secondary N) is 1. The van der Waals surface area contributed by atoms with E-state index in [1.54, 1.807) is 18.3 Å². The van der Waals surface area contributed by atoms with Gasteiger partial charge >= 0.3 is 0 Å². The van der Waals surface area contributed by atoms with Crippen molar-refractivity contribution in [3.05, 3.63) is 64.0 Å². The van der Waals surface area contributed by atoms with Gasteiger partial charge in [-0.2, -0.15) is 0 Å². The summed E-state index contributed by atoms with van der Waals surface area (Å²) in [6.07, 6.45) is 4.23. The molecule has 35 heavy (non-hydrogen) atoms. The number of nitrogens with zero attached hydrogens (tertiary/aromatic N) is 5. The molecular weight excluding hydrogens is 448 g/mol. The van der Waals surface area contributed by atoms with E-state index in [9.17, 15) is 19.7 Å². The number of nitro groups is 1. The maximum atomic E-state index is 13.4. The number of benzene rings is 1. The number of nitro benzene ring substituents is 1. The summed E-state index contributed by atoms with van der Waals surface area (Å²) in [5.74, 6) is -0.340. The fourth-order valence-corrected chi connectivity index (χ4v) is 5.50. The van der Waals surface area contributed by atoms with Gasteiger partial charge in [0.2, 0.25) is 11.8 Å². The third kappa shape index (κ3) is 4.97. The van der Waals surface area contributed by atoms with Crippen LogP contribution in [0.2, 0.25) is 0 Å². The Balaban J connectivity index is 1.36. The van der Waals surface area contributed by atoms with Crippen molar-refractivity contribution in [1.82, 2.24) is 20.1 Å². The first kappa shape index (κ1) is 23.2. The number of hydrogen-bond acceptors (Lipinski definition) is 7. The number of pyridine rings is 1. The molecule has 3 aliphatic heterocycles. The van der Waals surface area contributed by atoms with Gasteiger partial charge in [-0.1, -0.05) is 6.07 Å². The van der Waals surface area contributed by atoms with E-state index in [2.05, 4.69) is 20.1 Å². The minimum atomic E-state index is -0.398. The molecule has 2 atom stereocenters. The van der Waals surface area contributed by atoms with E-state index in [0.717, 1.165) is 42.9 Å². The van der Waals surface area contributed by atoms with Gasteiger partial charge in [0, 0.05) is 56.7 Å². The summed E-state index contributed by atoms with van der Waals surface area (Å²) in [4.78, 5) is 47.7. The number of aromatic nitrogens is 1. The van der Waals surface area contributed by atoms with Crippen LogP contribution in [0.15, 0.2) is 42.6 Å². The molecule has 0 aliphatic carbocycles. The summed E-state index contributed by atoms with van der Waals surface area (Å²) in [6, 6.07) is 10.4. The van der Waals surface area contributed by atoms with E-state index in [4.69, 9.17) is 0 Å². The molecule has 184 valence electrons. The highest BCUT2D eigenvalue weighted by atomic mass is 16.6. The van der Waals surface area contributed by atoms with E-state index in [1.165, 1.54) is 6.07 Å². The molecule has 2 saturated heterocycles. The van der Waals surface area contributed by atoms with Gasteiger partial charge in [-0.15, -0.1) is 0 Å². The van der Waals surface area contributed by atoms with Crippen molar-refractivity contribution in [2.45, 2.75) is 31.8 Å². The van der Waals surface area contributed by atoms with Crippen LogP contribution in [0.4, 0.5) is 11.4 Å². The Labute approximate surface area is 204 Å². The molecule has 3 aliphatic rings. The molecule has 5 rings (SSSR count). The molecule has 0 radical (unpaired) electrons. The molecule has 2 fully saturated rings. The molecule has 10 heteroatoms. The third-order valence-corrected chi connectivity index (χ3v) is 7.31. The number of anilines is 1. The van der Waals surface area contributed by atoms with E-state index in [1.807, 2.05) is 23.1 Å². The average molecular weight is 479 g/mol. The Hall–Kier alpha value is -3.53. The number of non-ortho nitro benzene ring substituents is 1. The second-order valence-electron chi connectivity index (χ2n) is 9.50. The fraction of sp³-hybridized carbons (Fsp3) is 0.480. The lowest BCUT2D eigenvalue weighted by molar-refractivity contribution is -0.384. The Kier molecular flexibility index (Phi) is 6.63. The molecule has 1 aromatic carbocycles. The van der Waals surface area contributed by atoms with Crippen LogP contribution in [0.1, 0.15) is 24.1 Å². The molecule has 1 aromatic heterocycles. The maximum absolute atomic E-state index is 13.4. The standard InChI is InChI=1S/C25H30N6O4/c32-24(29-9-3-4-10-29)17-28-11-12-30-22-7-6-20(31(34)35)13-18(22)14-21(23(30)16-28)25(33)27-15-19-5-1-2-8-26-19/h1-2,5-8,13,21,23H,3-4,9-12,14-17H2,(H,27,33). The van der Waals surface area contributed by atoms with Crippen molar-refractivity contribution in [3.63, 3.8) is 0 Å². The van der Waals surface area contributed by atoms with Gasteiger partial charge in [0.05, 0.1) is 35.7 Å². The summed E-state index contributed by atoms with van der Waals surface area (Å²) in [5, 5.41) is 14.4.